The molecular weight excluding hydrogens is 431 g/mol. The highest BCUT2D eigenvalue weighted by Gasteiger charge is 2.19. The summed E-state index contributed by atoms with van der Waals surface area (Å²) in [6.07, 6.45) is 5.47. The zero-order valence-corrected chi connectivity index (χ0v) is 17.7. The van der Waals surface area contributed by atoms with Crippen molar-refractivity contribution in [2.24, 2.45) is 4.99 Å². The quantitative estimate of drug-likeness (QED) is 0.344. The van der Waals surface area contributed by atoms with Crippen molar-refractivity contribution < 1.29 is 9.84 Å². The standard InChI is InChI=1S/C18H30N4O2.HI/c1-4-19-18(22-15-6-8-16(23)9-7-15)21-12-14-5-10-17(20-11-14)24-13(2)3;/h5,10-11,13,15-16,23H,4,6-9,12H2,1-3H3,(H2,19,21,22);1H. The molecule has 2 rings (SSSR count). The third-order valence-electron chi connectivity index (χ3n) is 3.96. The Morgan fingerprint density at radius 1 is 1.32 bits per heavy atom. The number of hydrogen-bond acceptors (Lipinski definition) is 4. The molecule has 1 aromatic heterocycles. The summed E-state index contributed by atoms with van der Waals surface area (Å²) in [7, 11) is 0. The normalized spacial score (nSPS) is 20.8. The topological polar surface area (TPSA) is 78.8 Å². The number of aromatic nitrogens is 1. The number of halogens is 1. The van der Waals surface area contributed by atoms with Crippen LogP contribution < -0.4 is 15.4 Å². The van der Waals surface area contributed by atoms with Gasteiger partial charge in [0, 0.05) is 24.8 Å². The molecule has 0 aliphatic heterocycles. The van der Waals surface area contributed by atoms with E-state index in [1.165, 1.54) is 0 Å². The van der Waals surface area contributed by atoms with Gasteiger partial charge in [-0.25, -0.2) is 9.98 Å². The summed E-state index contributed by atoms with van der Waals surface area (Å²) in [6, 6.07) is 4.26. The maximum absolute atomic E-state index is 9.60. The van der Waals surface area contributed by atoms with Crippen molar-refractivity contribution >= 4 is 29.9 Å². The molecule has 0 bridgehead atoms. The minimum Gasteiger partial charge on any atom is -0.475 e. The SMILES string of the molecule is CCNC(=NCc1ccc(OC(C)C)nc1)NC1CCC(O)CC1.I. The maximum Gasteiger partial charge on any atom is 0.213 e. The van der Waals surface area contributed by atoms with Crippen LogP contribution in [0.2, 0.25) is 0 Å². The van der Waals surface area contributed by atoms with Crippen LogP contribution in [-0.4, -0.2) is 40.8 Å². The lowest BCUT2D eigenvalue weighted by atomic mass is 9.93. The Bertz CT molecular complexity index is 514. The van der Waals surface area contributed by atoms with E-state index in [1.807, 2.05) is 32.2 Å². The first-order valence-electron chi connectivity index (χ1n) is 8.91. The summed E-state index contributed by atoms with van der Waals surface area (Å²) in [5.41, 5.74) is 1.04. The molecule has 1 aromatic rings. The van der Waals surface area contributed by atoms with Gasteiger partial charge in [0.1, 0.15) is 0 Å². The molecule has 0 aromatic carbocycles. The number of aliphatic imine (C=N–C) groups is 1. The summed E-state index contributed by atoms with van der Waals surface area (Å²) in [4.78, 5) is 8.95. The van der Waals surface area contributed by atoms with E-state index in [4.69, 9.17) is 4.74 Å². The van der Waals surface area contributed by atoms with Gasteiger partial charge in [-0.1, -0.05) is 6.07 Å². The molecule has 0 saturated heterocycles. The van der Waals surface area contributed by atoms with Crippen LogP contribution in [0.15, 0.2) is 23.3 Å². The van der Waals surface area contributed by atoms with Gasteiger partial charge in [-0.15, -0.1) is 24.0 Å². The minimum atomic E-state index is -0.139. The van der Waals surface area contributed by atoms with Gasteiger partial charge in [0.05, 0.1) is 18.8 Å². The molecule has 6 nitrogen and oxygen atoms in total. The van der Waals surface area contributed by atoms with E-state index in [0.717, 1.165) is 43.8 Å². The number of guanidine groups is 1. The molecule has 0 amide bonds. The fraction of sp³-hybridized carbons (Fsp3) is 0.667. The number of nitrogens with one attached hydrogen (secondary N) is 2. The van der Waals surface area contributed by atoms with Gasteiger partial charge >= 0.3 is 0 Å². The average Bonchev–Trinajstić information content (AvgIpc) is 2.56. The molecule has 1 aliphatic rings. The molecule has 1 saturated carbocycles. The first kappa shape index (κ1) is 22.0. The second kappa shape index (κ2) is 11.5. The predicted molar refractivity (Wildman–Crippen MR) is 112 cm³/mol. The average molecular weight is 462 g/mol. The van der Waals surface area contributed by atoms with E-state index in [9.17, 15) is 5.11 Å². The molecule has 1 aliphatic carbocycles. The Morgan fingerprint density at radius 2 is 2.04 bits per heavy atom. The van der Waals surface area contributed by atoms with Crippen molar-refractivity contribution in [1.82, 2.24) is 15.6 Å². The molecule has 0 radical (unpaired) electrons. The molecule has 1 heterocycles. The molecule has 3 N–H and O–H groups in total. The van der Waals surface area contributed by atoms with Crippen molar-refractivity contribution in [1.29, 1.82) is 0 Å². The number of rotatable bonds is 6. The van der Waals surface area contributed by atoms with Gasteiger partial charge in [-0.2, -0.15) is 0 Å². The molecule has 0 unspecified atom stereocenters. The number of pyridine rings is 1. The lowest BCUT2D eigenvalue weighted by molar-refractivity contribution is 0.120. The van der Waals surface area contributed by atoms with Crippen LogP contribution in [0, 0.1) is 0 Å². The van der Waals surface area contributed by atoms with E-state index in [-0.39, 0.29) is 36.2 Å². The fourth-order valence-electron chi connectivity index (χ4n) is 2.72. The third-order valence-corrected chi connectivity index (χ3v) is 3.96. The predicted octanol–water partition coefficient (Wildman–Crippen LogP) is 2.85. The highest BCUT2D eigenvalue weighted by atomic mass is 127. The molecule has 142 valence electrons. The second-order valence-corrected chi connectivity index (χ2v) is 6.52. The Labute approximate surface area is 167 Å². The number of ether oxygens (including phenoxy) is 1. The van der Waals surface area contributed by atoms with Crippen molar-refractivity contribution in [3.05, 3.63) is 23.9 Å². The van der Waals surface area contributed by atoms with Gasteiger partial charge in [-0.05, 0) is 52.0 Å². The van der Waals surface area contributed by atoms with Crippen molar-refractivity contribution in [3.8, 4) is 5.88 Å². The molecule has 0 atom stereocenters. The van der Waals surface area contributed by atoms with Crippen LogP contribution in [0.1, 0.15) is 52.0 Å². The lowest BCUT2D eigenvalue weighted by Crippen LogP contribution is -2.45. The first-order chi connectivity index (χ1) is 11.6. The smallest absolute Gasteiger partial charge is 0.213 e. The Kier molecular flexibility index (Phi) is 10.1. The highest BCUT2D eigenvalue weighted by Crippen LogP contribution is 2.18. The van der Waals surface area contributed by atoms with Gasteiger partial charge < -0.3 is 20.5 Å². The summed E-state index contributed by atoms with van der Waals surface area (Å²) in [6.45, 7) is 7.42. The monoisotopic (exact) mass is 462 g/mol. The third kappa shape index (κ3) is 8.22. The van der Waals surface area contributed by atoms with Crippen LogP contribution in [-0.2, 0) is 6.54 Å². The zero-order valence-electron chi connectivity index (χ0n) is 15.4. The van der Waals surface area contributed by atoms with Gasteiger partial charge in [0.15, 0.2) is 5.96 Å². The van der Waals surface area contributed by atoms with E-state index < -0.39 is 0 Å². The van der Waals surface area contributed by atoms with Gasteiger partial charge in [0.2, 0.25) is 5.88 Å². The van der Waals surface area contributed by atoms with E-state index in [2.05, 4.69) is 27.5 Å². The molecule has 7 heteroatoms. The number of nitrogens with zero attached hydrogens (tertiary/aromatic N) is 2. The fourth-order valence-corrected chi connectivity index (χ4v) is 2.72. The Morgan fingerprint density at radius 3 is 2.60 bits per heavy atom. The number of aliphatic hydroxyl groups excluding tert-OH is 1. The van der Waals surface area contributed by atoms with Crippen LogP contribution in [0.5, 0.6) is 5.88 Å². The summed E-state index contributed by atoms with van der Waals surface area (Å²) < 4.78 is 5.55. The lowest BCUT2D eigenvalue weighted by Gasteiger charge is -2.27. The largest absolute Gasteiger partial charge is 0.475 e. The van der Waals surface area contributed by atoms with E-state index in [1.54, 1.807) is 0 Å². The van der Waals surface area contributed by atoms with Gasteiger partial charge in [-0.3, -0.25) is 0 Å². The number of aliphatic hydroxyl groups is 1. The molecule has 0 spiro atoms. The second-order valence-electron chi connectivity index (χ2n) is 6.52. The molecule has 25 heavy (non-hydrogen) atoms. The van der Waals surface area contributed by atoms with Gasteiger partial charge in [0.25, 0.3) is 0 Å². The van der Waals surface area contributed by atoms with Crippen molar-refractivity contribution in [3.63, 3.8) is 0 Å². The van der Waals surface area contributed by atoms with Crippen LogP contribution in [0.25, 0.3) is 0 Å². The maximum atomic E-state index is 9.60. The summed E-state index contributed by atoms with van der Waals surface area (Å²) in [5.74, 6) is 1.46. The number of hydrogen-bond donors (Lipinski definition) is 3. The zero-order chi connectivity index (χ0) is 17.4. The van der Waals surface area contributed by atoms with Crippen LogP contribution in [0.4, 0.5) is 0 Å². The van der Waals surface area contributed by atoms with Crippen LogP contribution >= 0.6 is 24.0 Å². The van der Waals surface area contributed by atoms with Crippen LogP contribution in [0.3, 0.4) is 0 Å². The first-order valence-corrected chi connectivity index (χ1v) is 8.91. The highest BCUT2D eigenvalue weighted by molar-refractivity contribution is 14.0. The molecular formula is C18H31IN4O2. The van der Waals surface area contributed by atoms with E-state index >= 15 is 0 Å². The van der Waals surface area contributed by atoms with Crippen molar-refractivity contribution in [2.75, 3.05) is 6.54 Å². The van der Waals surface area contributed by atoms with E-state index in [0.29, 0.717) is 18.5 Å². The summed E-state index contributed by atoms with van der Waals surface area (Å²) >= 11 is 0. The Hall–Kier alpha value is -1.09. The summed E-state index contributed by atoms with van der Waals surface area (Å²) in [5, 5.41) is 16.4. The minimum absolute atomic E-state index is 0. The molecule has 1 fully saturated rings. The van der Waals surface area contributed by atoms with Crippen molar-refractivity contribution in [2.45, 2.75) is 71.2 Å². The Balaban J connectivity index is 0.00000312.